The summed E-state index contributed by atoms with van der Waals surface area (Å²) in [5.41, 5.74) is 2.78. The van der Waals surface area contributed by atoms with E-state index in [2.05, 4.69) is 0 Å². The van der Waals surface area contributed by atoms with E-state index in [1.54, 1.807) is 12.1 Å². The standard InChI is InChI=1S/C15H16ClNO/c1-17(2)14-8-6-11(7-9-14)15(18)12-4-3-5-13(16)10-12/h3-10,15,18H,1-2H3. The molecule has 0 aliphatic carbocycles. The van der Waals surface area contributed by atoms with Crippen LogP contribution in [-0.2, 0) is 0 Å². The molecule has 0 saturated heterocycles. The molecule has 18 heavy (non-hydrogen) atoms. The Hall–Kier alpha value is -1.51. The molecule has 94 valence electrons. The van der Waals surface area contributed by atoms with Crippen LogP contribution in [0.3, 0.4) is 0 Å². The molecule has 1 N–H and O–H groups in total. The third-order valence-corrected chi connectivity index (χ3v) is 3.12. The lowest BCUT2D eigenvalue weighted by Gasteiger charge is -2.15. The molecular weight excluding hydrogens is 246 g/mol. The smallest absolute Gasteiger partial charge is 0.104 e. The van der Waals surface area contributed by atoms with Gasteiger partial charge in [0.25, 0.3) is 0 Å². The number of benzene rings is 2. The van der Waals surface area contributed by atoms with Crippen LogP contribution in [0, 0.1) is 0 Å². The third kappa shape index (κ3) is 2.84. The lowest BCUT2D eigenvalue weighted by molar-refractivity contribution is 0.220. The zero-order chi connectivity index (χ0) is 13.1. The molecule has 1 atom stereocenters. The van der Waals surface area contributed by atoms with E-state index in [9.17, 15) is 5.11 Å². The van der Waals surface area contributed by atoms with Gasteiger partial charge in [0, 0.05) is 24.8 Å². The normalized spacial score (nSPS) is 12.2. The van der Waals surface area contributed by atoms with Gasteiger partial charge in [-0.2, -0.15) is 0 Å². The van der Waals surface area contributed by atoms with E-state index in [1.807, 2.05) is 55.4 Å². The minimum Gasteiger partial charge on any atom is -0.384 e. The lowest BCUT2D eigenvalue weighted by Crippen LogP contribution is -2.08. The summed E-state index contributed by atoms with van der Waals surface area (Å²) in [6, 6.07) is 15.1. The van der Waals surface area contributed by atoms with Crippen LogP contribution >= 0.6 is 11.6 Å². The first kappa shape index (κ1) is 12.9. The predicted molar refractivity (Wildman–Crippen MR) is 76.3 cm³/mol. The molecule has 0 aliphatic rings. The molecule has 1 unspecified atom stereocenters. The highest BCUT2D eigenvalue weighted by molar-refractivity contribution is 6.30. The maximum Gasteiger partial charge on any atom is 0.104 e. The van der Waals surface area contributed by atoms with Crippen molar-refractivity contribution in [3.05, 3.63) is 64.7 Å². The Morgan fingerprint density at radius 3 is 2.22 bits per heavy atom. The largest absolute Gasteiger partial charge is 0.384 e. The summed E-state index contributed by atoms with van der Waals surface area (Å²) in [5, 5.41) is 10.9. The highest BCUT2D eigenvalue weighted by Gasteiger charge is 2.10. The van der Waals surface area contributed by atoms with Crippen LogP contribution < -0.4 is 4.90 Å². The van der Waals surface area contributed by atoms with Gasteiger partial charge in [-0.05, 0) is 35.4 Å². The fourth-order valence-electron chi connectivity index (χ4n) is 1.82. The fraction of sp³-hybridized carbons (Fsp3) is 0.200. The van der Waals surface area contributed by atoms with Crippen molar-refractivity contribution < 1.29 is 5.11 Å². The fourth-order valence-corrected chi connectivity index (χ4v) is 2.02. The van der Waals surface area contributed by atoms with E-state index >= 15 is 0 Å². The Bertz CT molecular complexity index is 522. The Labute approximate surface area is 112 Å². The maximum atomic E-state index is 10.3. The zero-order valence-corrected chi connectivity index (χ0v) is 11.2. The minimum atomic E-state index is -0.639. The van der Waals surface area contributed by atoms with Crippen LogP contribution in [0.25, 0.3) is 0 Å². The van der Waals surface area contributed by atoms with Crippen LogP contribution in [0.2, 0.25) is 5.02 Å². The van der Waals surface area contributed by atoms with Crippen molar-refractivity contribution in [3.63, 3.8) is 0 Å². The molecule has 2 nitrogen and oxygen atoms in total. The van der Waals surface area contributed by atoms with Crippen molar-refractivity contribution in [1.82, 2.24) is 0 Å². The number of halogens is 1. The monoisotopic (exact) mass is 261 g/mol. The van der Waals surface area contributed by atoms with E-state index in [0.717, 1.165) is 16.8 Å². The summed E-state index contributed by atoms with van der Waals surface area (Å²) in [5.74, 6) is 0. The van der Waals surface area contributed by atoms with Crippen LogP contribution in [-0.4, -0.2) is 19.2 Å². The molecule has 0 bridgehead atoms. The minimum absolute atomic E-state index is 0.636. The second kappa shape index (κ2) is 5.42. The first-order valence-electron chi connectivity index (χ1n) is 5.79. The molecule has 0 spiro atoms. The van der Waals surface area contributed by atoms with Crippen LogP contribution in [0.15, 0.2) is 48.5 Å². The molecule has 3 heteroatoms. The number of rotatable bonds is 3. The molecule has 0 heterocycles. The Morgan fingerprint density at radius 2 is 1.67 bits per heavy atom. The molecule has 0 amide bonds. The van der Waals surface area contributed by atoms with Gasteiger partial charge in [-0.25, -0.2) is 0 Å². The SMILES string of the molecule is CN(C)c1ccc(C(O)c2cccc(Cl)c2)cc1. The van der Waals surface area contributed by atoms with Gasteiger partial charge in [-0.3, -0.25) is 0 Å². The molecular formula is C15H16ClNO. The molecule has 2 rings (SSSR count). The van der Waals surface area contributed by atoms with Gasteiger partial charge in [-0.1, -0.05) is 35.9 Å². The Balaban J connectivity index is 2.26. The average molecular weight is 262 g/mol. The van der Waals surface area contributed by atoms with Gasteiger partial charge >= 0.3 is 0 Å². The summed E-state index contributed by atoms with van der Waals surface area (Å²) >= 11 is 5.93. The number of hydrogen-bond acceptors (Lipinski definition) is 2. The summed E-state index contributed by atoms with van der Waals surface area (Å²) in [6.45, 7) is 0. The van der Waals surface area contributed by atoms with E-state index in [4.69, 9.17) is 11.6 Å². The van der Waals surface area contributed by atoms with Crippen LogP contribution in [0.5, 0.6) is 0 Å². The van der Waals surface area contributed by atoms with Crippen molar-refractivity contribution in [2.75, 3.05) is 19.0 Å². The van der Waals surface area contributed by atoms with Gasteiger partial charge in [0.2, 0.25) is 0 Å². The van der Waals surface area contributed by atoms with E-state index in [0.29, 0.717) is 5.02 Å². The molecule has 2 aromatic carbocycles. The molecule has 0 radical (unpaired) electrons. The van der Waals surface area contributed by atoms with Crippen molar-refractivity contribution in [2.45, 2.75) is 6.10 Å². The first-order chi connectivity index (χ1) is 8.58. The topological polar surface area (TPSA) is 23.5 Å². The van der Waals surface area contributed by atoms with Crippen LogP contribution in [0.1, 0.15) is 17.2 Å². The van der Waals surface area contributed by atoms with Gasteiger partial charge in [0.1, 0.15) is 6.10 Å². The number of aliphatic hydroxyl groups is 1. The van der Waals surface area contributed by atoms with Gasteiger partial charge in [0.05, 0.1) is 0 Å². The number of anilines is 1. The predicted octanol–water partition coefficient (Wildman–Crippen LogP) is 3.49. The average Bonchev–Trinajstić information content (AvgIpc) is 2.38. The zero-order valence-electron chi connectivity index (χ0n) is 10.5. The third-order valence-electron chi connectivity index (χ3n) is 2.89. The number of nitrogens with zero attached hydrogens (tertiary/aromatic N) is 1. The van der Waals surface area contributed by atoms with E-state index in [-0.39, 0.29) is 0 Å². The van der Waals surface area contributed by atoms with Gasteiger partial charge in [0.15, 0.2) is 0 Å². The van der Waals surface area contributed by atoms with Gasteiger partial charge < -0.3 is 10.0 Å². The van der Waals surface area contributed by atoms with E-state index in [1.165, 1.54) is 0 Å². The van der Waals surface area contributed by atoms with Crippen molar-refractivity contribution in [3.8, 4) is 0 Å². The summed E-state index contributed by atoms with van der Waals surface area (Å²) < 4.78 is 0. The quantitative estimate of drug-likeness (QED) is 0.914. The van der Waals surface area contributed by atoms with Gasteiger partial charge in [-0.15, -0.1) is 0 Å². The number of hydrogen-bond donors (Lipinski definition) is 1. The van der Waals surface area contributed by atoms with E-state index < -0.39 is 6.10 Å². The molecule has 2 aromatic rings. The molecule has 0 aliphatic heterocycles. The summed E-state index contributed by atoms with van der Waals surface area (Å²) in [7, 11) is 3.98. The second-order valence-electron chi connectivity index (χ2n) is 4.44. The molecule has 0 saturated carbocycles. The summed E-state index contributed by atoms with van der Waals surface area (Å²) in [4.78, 5) is 2.02. The van der Waals surface area contributed by atoms with Crippen molar-refractivity contribution >= 4 is 17.3 Å². The van der Waals surface area contributed by atoms with Crippen LogP contribution in [0.4, 0.5) is 5.69 Å². The highest BCUT2D eigenvalue weighted by Crippen LogP contribution is 2.25. The highest BCUT2D eigenvalue weighted by atomic mass is 35.5. The maximum absolute atomic E-state index is 10.3. The first-order valence-corrected chi connectivity index (χ1v) is 6.16. The van der Waals surface area contributed by atoms with Crippen molar-refractivity contribution in [1.29, 1.82) is 0 Å². The molecule has 0 aromatic heterocycles. The lowest BCUT2D eigenvalue weighted by atomic mass is 10.0. The Kier molecular flexibility index (Phi) is 3.90. The summed E-state index contributed by atoms with van der Waals surface area (Å²) in [6.07, 6.45) is -0.639. The van der Waals surface area contributed by atoms with Crippen molar-refractivity contribution in [2.24, 2.45) is 0 Å². The number of aliphatic hydroxyl groups excluding tert-OH is 1. The molecule has 0 fully saturated rings. The second-order valence-corrected chi connectivity index (χ2v) is 4.88. The Morgan fingerprint density at radius 1 is 1.00 bits per heavy atom.